The summed E-state index contributed by atoms with van der Waals surface area (Å²) in [6.07, 6.45) is 1.71. The molecule has 0 aromatic heterocycles. The van der Waals surface area contributed by atoms with Crippen LogP contribution in [0.2, 0.25) is 0 Å². The molecule has 2 heterocycles. The molecule has 6 unspecified atom stereocenters. The van der Waals surface area contributed by atoms with Crippen molar-refractivity contribution >= 4 is 91.0 Å². The molecule has 6 atom stereocenters. The largest absolute Gasteiger partial charge is 0.505 e. The highest BCUT2D eigenvalue weighted by Gasteiger charge is 2.76. The van der Waals surface area contributed by atoms with Crippen LogP contribution in [0.1, 0.15) is 24.3 Å². The van der Waals surface area contributed by atoms with E-state index in [0.717, 1.165) is 19.4 Å². The number of carbonyl (C=O) groups is 4. The first-order valence-electron chi connectivity index (χ1n) is 12.1. The van der Waals surface area contributed by atoms with Crippen molar-refractivity contribution in [1.29, 1.82) is 0 Å². The molecular formula is C27H19BrCl2FIN2O5. The monoisotopic (exact) mass is 746 g/mol. The fraction of sp³-hybridized carbons (Fsp3) is 0.333. The zero-order valence-corrected chi connectivity index (χ0v) is 25.2. The van der Waals surface area contributed by atoms with Gasteiger partial charge in [0, 0.05) is 15.1 Å². The van der Waals surface area contributed by atoms with Crippen molar-refractivity contribution in [3.63, 3.8) is 0 Å². The summed E-state index contributed by atoms with van der Waals surface area (Å²) >= 11 is 19.5. The van der Waals surface area contributed by atoms with E-state index in [-0.39, 0.29) is 29.8 Å². The number of benzene rings is 2. The van der Waals surface area contributed by atoms with E-state index in [2.05, 4.69) is 38.5 Å². The second-order valence-electron chi connectivity index (χ2n) is 10.2. The van der Waals surface area contributed by atoms with Crippen molar-refractivity contribution in [1.82, 2.24) is 4.90 Å². The highest BCUT2D eigenvalue weighted by Crippen LogP contribution is 2.66. The summed E-state index contributed by atoms with van der Waals surface area (Å²) in [7, 11) is 0. The molecule has 0 radical (unpaired) electrons. The fourth-order valence-corrected chi connectivity index (χ4v) is 8.48. The normalized spacial score (nSPS) is 33.7. The van der Waals surface area contributed by atoms with Crippen LogP contribution in [-0.2, 0) is 19.2 Å². The van der Waals surface area contributed by atoms with Gasteiger partial charge < -0.3 is 5.11 Å². The lowest BCUT2D eigenvalue weighted by Gasteiger charge is -2.50. The van der Waals surface area contributed by atoms with Gasteiger partial charge in [-0.3, -0.25) is 29.0 Å². The third-order valence-corrected chi connectivity index (χ3v) is 11.1. The number of para-hydroxylation sites is 1. The standard InChI is InChI=1S/C27H19BrCl2FIN2O5/c28-11-33-24(38)26(29)10-17-14(20(27(26,30)25(33)39)16-2-1-3-18(31)21(16)35)8-9-15-19(17)23(37)34(22(15)36)13-6-4-12(32)5-7-13/h1-8,15,17,19-20,35H,9-11H2. The molecule has 2 aliphatic carbocycles. The molecule has 4 aliphatic rings. The first kappa shape index (κ1) is 27.2. The molecule has 7 nitrogen and oxygen atoms in total. The third-order valence-electron chi connectivity index (χ3n) is 8.43. The van der Waals surface area contributed by atoms with Crippen LogP contribution in [0, 0.1) is 27.1 Å². The van der Waals surface area contributed by atoms with E-state index in [1.807, 2.05) is 0 Å². The zero-order valence-electron chi connectivity index (χ0n) is 19.9. The topological polar surface area (TPSA) is 95.0 Å². The van der Waals surface area contributed by atoms with Gasteiger partial charge in [-0.15, -0.1) is 23.2 Å². The number of fused-ring (bicyclic) bond motifs is 4. The highest BCUT2D eigenvalue weighted by atomic mass is 127. The molecule has 0 bridgehead atoms. The van der Waals surface area contributed by atoms with Gasteiger partial charge in [0.15, 0.2) is 21.3 Å². The lowest BCUT2D eigenvalue weighted by atomic mass is 9.56. The van der Waals surface area contributed by atoms with Crippen LogP contribution < -0.4 is 4.90 Å². The molecule has 2 aromatic carbocycles. The lowest BCUT2D eigenvalue weighted by Crippen LogP contribution is -2.60. The Labute approximate surface area is 254 Å². The van der Waals surface area contributed by atoms with Crippen LogP contribution in [0.25, 0.3) is 0 Å². The molecule has 39 heavy (non-hydrogen) atoms. The van der Waals surface area contributed by atoms with Crippen molar-refractivity contribution in [2.75, 3.05) is 10.4 Å². The number of aromatic hydroxyl groups is 1. The minimum atomic E-state index is -2.11. The molecule has 1 N–H and O–H groups in total. The van der Waals surface area contributed by atoms with Gasteiger partial charge in [0.05, 0.1) is 23.0 Å². The SMILES string of the molecule is O=C1C2CC=C3C(CC4(Cl)C(=O)N(CBr)C(=O)C4(Cl)C3c3cccc(F)c3O)C2C(=O)N1c1ccc(I)cc1. The fourth-order valence-electron chi connectivity index (χ4n) is 6.71. The number of likely N-dealkylation sites (tertiary alicyclic amines) is 1. The number of nitrogens with zero attached hydrogens (tertiary/aromatic N) is 2. The maximum absolute atomic E-state index is 14.6. The number of carbonyl (C=O) groups excluding carboxylic acids is 4. The van der Waals surface area contributed by atoms with Crippen molar-refractivity contribution < 1.29 is 28.7 Å². The van der Waals surface area contributed by atoms with Crippen LogP contribution >= 0.6 is 61.7 Å². The molecule has 2 saturated heterocycles. The van der Waals surface area contributed by atoms with Crippen LogP contribution in [0.4, 0.5) is 10.1 Å². The number of hydrogen-bond donors (Lipinski definition) is 1. The summed E-state index contributed by atoms with van der Waals surface area (Å²) in [5.41, 5.74) is 0.713. The molecule has 202 valence electrons. The van der Waals surface area contributed by atoms with Gasteiger partial charge in [0.1, 0.15) is 0 Å². The number of alkyl halides is 3. The van der Waals surface area contributed by atoms with Crippen molar-refractivity contribution in [2.24, 2.45) is 17.8 Å². The average Bonchev–Trinajstić information content (AvgIpc) is 3.24. The smallest absolute Gasteiger partial charge is 0.254 e. The maximum Gasteiger partial charge on any atom is 0.254 e. The van der Waals surface area contributed by atoms with Gasteiger partial charge in [-0.1, -0.05) is 39.7 Å². The van der Waals surface area contributed by atoms with E-state index in [1.165, 1.54) is 12.1 Å². The Morgan fingerprint density at radius 3 is 2.38 bits per heavy atom. The summed E-state index contributed by atoms with van der Waals surface area (Å²) in [5, 5.41) is 10.8. The van der Waals surface area contributed by atoms with Gasteiger partial charge in [0.25, 0.3) is 11.8 Å². The van der Waals surface area contributed by atoms with Crippen molar-refractivity contribution in [3.8, 4) is 5.75 Å². The molecule has 2 aromatic rings. The third kappa shape index (κ3) is 3.50. The summed E-state index contributed by atoms with van der Waals surface area (Å²) in [5.74, 6) is -7.61. The van der Waals surface area contributed by atoms with E-state index in [0.29, 0.717) is 11.3 Å². The molecule has 1 saturated carbocycles. The van der Waals surface area contributed by atoms with Crippen LogP contribution in [0.3, 0.4) is 0 Å². The predicted octanol–water partition coefficient (Wildman–Crippen LogP) is 5.05. The van der Waals surface area contributed by atoms with Gasteiger partial charge in [-0.2, -0.15) is 0 Å². The van der Waals surface area contributed by atoms with E-state index < -0.39 is 62.7 Å². The Morgan fingerprint density at radius 2 is 1.72 bits per heavy atom. The van der Waals surface area contributed by atoms with Crippen molar-refractivity contribution in [2.45, 2.75) is 28.5 Å². The number of anilines is 1. The summed E-state index contributed by atoms with van der Waals surface area (Å²) in [6.45, 7) is 0. The Hall–Kier alpha value is -2.02. The minimum Gasteiger partial charge on any atom is -0.505 e. The Bertz CT molecular complexity index is 1510. The molecule has 6 rings (SSSR count). The van der Waals surface area contributed by atoms with Gasteiger partial charge >= 0.3 is 0 Å². The van der Waals surface area contributed by atoms with Gasteiger partial charge in [0.2, 0.25) is 11.8 Å². The lowest BCUT2D eigenvalue weighted by molar-refractivity contribution is -0.138. The number of imide groups is 2. The molecule has 3 fully saturated rings. The highest BCUT2D eigenvalue weighted by molar-refractivity contribution is 14.1. The number of phenolic OH excluding ortho intramolecular Hbond substituents is 1. The van der Waals surface area contributed by atoms with Gasteiger partial charge in [-0.05, 0) is 71.7 Å². The second kappa shape index (κ2) is 9.25. The first-order chi connectivity index (χ1) is 18.5. The van der Waals surface area contributed by atoms with Crippen LogP contribution in [-0.4, -0.2) is 48.8 Å². The summed E-state index contributed by atoms with van der Waals surface area (Å²) in [4.78, 5) is 52.7. The van der Waals surface area contributed by atoms with Crippen LogP contribution in [0.15, 0.2) is 54.1 Å². The predicted molar refractivity (Wildman–Crippen MR) is 153 cm³/mol. The molecule has 12 heteroatoms. The molecule has 2 aliphatic heterocycles. The van der Waals surface area contributed by atoms with Crippen molar-refractivity contribution in [3.05, 3.63) is 69.1 Å². The second-order valence-corrected chi connectivity index (χ2v) is 13.1. The number of hydrogen-bond acceptors (Lipinski definition) is 5. The van der Waals surface area contributed by atoms with E-state index in [9.17, 15) is 28.7 Å². The summed E-state index contributed by atoms with van der Waals surface area (Å²) in [6, 6.07) is 10.8. The molecule has 0 spiro atoms. The first-order valence-corrected chi connectivity index (χ1v) is 15.0. The Morgan fingerprint density at radius 1 is 1.03 bits per heavy atom. The number of halogens is 5. The number of phenols is 1. The quantitative estimate of drug-likeness (QED) is 0.156. The Balaban J connectivity index is 1.53. The molecular weight excluding hydrogens is 729 g/mol. The van der Waals surface area contributed by atoms with E-state index in [4.69, 9.17) is 23.2 Å². The number of allylic oxidation sites excluding steroid dienone is 2. The Kier molecular flexibility index (Phi) is 6.44. The average molecular weight is 748 g/mol. The maximum atomic E-state index is 14.6. The number of amides is 4. The van der Waals surface area contributed by atoms with Gasteiger partial charge in [-0.25, -0.2) is 4.39 Å². The minimum absolute atomic E-state index is 0.0201. The van der Waals surface area contributed by atoms with E-state index >= 15 is 0 Å². The summed E-state index contributed by atoms with van der Waals surface area (Å²) < 4.78 is 15.5. The van der Waals surface area contributed by atoms with Crippen LogP contribution in [0.5, 0.6) is 5.75 Å². The van der Waals surface area contributed by atoms with E-state index in [1.54, 1.807) is 30.3 Å². The zero-order chi connectivity index (χ0) is 28.0. The molecule has 4 amide bonds. The number of rotatable bonds is 3.